The maximum absolute atomic E-state index is 12.7. The molecular formula is C48H80O15P2. The summed E-state index contributed by atoms with van der Waals surface area (Å²) in [6.07, 6.45) is 43.0. The van der Waals surface area contributed by atoms with Gasteiger partial charge in [-0.25, -0.2) is 9.13 Å². The highest BCUT2D eigenvalue weighted by atomic mass is 31.2. The second kappa shape index (κ2) is 42.3. The van der Waals surface area contributed by atoms with Gasteiger partial charge in [-0.05, 0) is 83.5 Å². The van der Waals surface area contributed by atoms with Crippen LogP contribution in [-0.4, -0.2) is 92.8 Å². The lowest BCUT2D eigenvalue weighted by Crippen LogP contribution is -2.30. The van der Waals surface area contributed by atoms with Crippen molar-refractivity contribution in [3.05, 3.63) is 97.2 Å². The van der Waals surface area contributed by atoms with Crippen LogP contribution in [0.1, 0.15) is 142 Å². The third-order valence-electron chi connectivity index (χ3n) is 9.13. The zero-order chi connectivity index (χ0) is 48.3. The highest BCUT2D eigenvalue weighted by Crippen LogP contribution is 2.43. The van der Waals surface area contributed by atoms with E-state index < -0.39 is 78.4 Å². The van der Waals surface area contributed by atoms with E-state index in [4.69, 9.17) is 23.8 Å². The number of ether oxygens (including phenoxy) is 2. The zero-order valence-electron chi connectivity index (χ0n) is 38.8. The van der Waals surface area contributed by atoms with E-state index in [0.29, 0.717) is 12.8 Å². The number of rotatable bonds is 42. The smallest absolute Gasteiger partial charge is 0.462 e. The number of allylic oxidation sites excluding steroid dienone is 13. The molecule has 0 aliphatic rings. The monoisotopic (exact) mass is 958 g/mol. The molecule has 5 atom stereocenters. The van der Waals surface area contributed by atoms with E-state index >= 15 is 0 Å². The SMILES string of the molecule is CCCCC/C=C\C/C=C\C/C=C\C/C=C\CCCCCC(=O)OC[C@H](COP(=O)(O)OC[C@@H](O)COP(=O)(O)O)OC(=O)CCC[C@@H](O)\C=C/C=C/C=C/[C@@H](O)C/C=C\CCCCC. The molecule has 0 aliphatic carbocycles. The predicted molar refractivity (Wildman–Crippen MR) is 255 cm³/mol. The lowest BCUT2D eigenvalue weighted by atomic mass is 10.1. The Balaban J connectivity index is 4.81. The van der Waals surface area contributed by atoms with E-state index in [9.17, 15) is 38.9 Å². The molecule has 0 saturated carbocycles. The van der Waals surface area contributed by atoms with Crippen molar-refractivity contribution in [2.75, 3.05) is 26.4 Å². The molecule has 0 heterocycles. The van der Waals surface area contributed by atoms with Crippen LogP contribution in [-0.2, 0) is 41.8 Å². The Morgan fingerprint density at radius 2 is 1.02 bits per heavy atom. The largest absolute Gasteiger partial charge is 0.472 e. The van der Waals surface area contributed by atoms with Crippen molar-refractivity contribution in [1.29, 1.82) is 0 Å². The van der Waals surface area contributed by atoms with E-state index in [1.807, 2.05) is 6.08 Å². The maximum Gasteiger partial charge on any atom is 0.472 e. The summed E-state index contributed by atoms with van der Waals surface area (Å²) in [5.41, 5.74) is 0. The lowest BCUT2D eigenvalue weighted by Gasteiger charge is -2.20. The van der Waals surface area contributed by atoms with Gasteiger partial charge in [0, 0.05) is 12.8 Å². The van der Waals surface area contributed by atoms with Gasteiger partial charge in [0.25, 0.3) is 0 Å². The van der Waals surface area contributed by atoms with Crippen LogP contribution in [0.2, 0.25) is 0 Å². The van der Waals surface area contributed by atoms with Gasteiger partial charge in [-0.1, -0.05) is 143 Å². The fraction of sp³-hybridized carbons (Fsp3) is 0.625. The third-order valence-corrected chi connectivity index (χ3v) is 10.6. The molecule has 6 N–H and O–H groups in total. The van der Waals surface area contributed by atoms with Crippen LogP contribution < -0.4 is 0 Å². The molecule has 372 valence electrons. The summed E-state index contributed by atoms with van der Waals surface area (Å²) >= 11 is 0. The molecule has 0 aliphatic heterocycles. The number of phosphoric ester groups is 2. The Morgan fingerprint density at radius 3 is 1.58 bits per heavy atom. The minimum absolute atomic E-state index is 0.0992. The van der Waals surface area contributed by atoms with Crippen LogP contribution in [0.25, 0.3) is 0 Å². The van der Waals surface area contributed by atoms with Crippen molar-refractivity contribution >= 4 is 27.6 Å². The van der Waals surface area contributed by atoms with Gasteiger partial charge in [0.2, 0.25) is 0 Å². The average molecular weight is 959 g/mol. The first-order valence-corrected chi connectivity index (χ1v) is 26.2. The molecule has 17 heteroatoms. The van der Waals surface area contributed by atoms with E-state index in [1.54, 1.807) is 36.5 Å². The molecule has 0 aromatic heterocycles. The van der Waals surface area contributed by atoms with Gasteiger partial charge in [-0.2, -0.15) is 0 Å². The molecule has 0 bridgehead atoms. The Bertz CT molecular complexity index is 1550. The van der Waals surface area contributed by atoms with E-state index in [2.05, 4.69) is 77.6 Å². The average Bonchev–Trinajstić information content (AvgIpc) is 3.26. The summed E-state index contributed by atoms with van der Waals surface area (Å²) in [6.45, 7) is 1.34. The molecule has 15 nitrogen and oxygen atoms in total. The standard InChI is InChI=1S/C48H80O15P2/c1-3-5-7-9-11-12-13-14-15-16-17-18-19-20-21-22-23-25-31-37-47(52)59-41-46(42-62-65(57,58)61-40-45(51)39-60-64(54,55)56)63-48(53)38-32-36-44(50)35-30-27-26-29-34-43(49)33-28-24-10-8-6-4-2/h11-12,14-15,17-18,20-21,24,26-30,34-35,43-46,49-51H,3-10,13,16,19,22-23,25,31-33,36-42H2,1-2H3,(H,57,58)(H2,54,55,56)/b12-11-,15-14-,18-17-,21-20-,27-26+,28-24-,34-29+,35-30-/t43-,44-,45-,46+/m0/s1. The van der Waals surface area contributed by atoms with Crippen molar-refractivity contribution < 1.29 is 71.8 Å². The maximum atomic E-state index is 12.7. The Labute approximate surface area is 388 Å². The van der Waals surface area contributed by atoms with Gasteiger partial charge in [0.15, 0.2) is 6.10 Å². The van der Waals surface area contributed by atoms with Crippen LogP contribution in [0.3, 0.4) is 0 Å². The van der Waals surface area contributed by atoms with Crippen molar-refractivity contribution in [3.8, 4) is 0 Å². The molecular weight excluding hydrogens is 878 g/mol. The molecule has 1 unspecified atom stereocenters. The van der Waals surface area contributed by atoms with E-state index in [-0.39, 0.29) is 25.7 Å². The summed E-state index contributed by atoms with van der Waals surface area (Å²) in [7, 11) is -9.80. The Morgan fingerprint density at radius 1 is 0.523 bits per heavy atom. The number of esters is 2. The second-order valence-electron chi connectivity index (χ2n) is 15.4. The summed E-state index contributed by atoms with van der Waals surface area (Å²) < 4.78 is 47.6. The van der Waals surface area contributed by atoms with Crippen LogP contribution in [0, 0.1) is 0 Å². The van der Waals surface area contributed by atoms with Crippen molar-refractivity contribution in [3.63, 3.8) is 0 Å². The minimum atomic E-state index is -4.90. The van der Waals surface area contributed by atoms with Crippen LogP contribution in [0.15, 0.2) is 97.2 Å². The molecule has 65 heavy (non-hydrogen) atoms. The molecule has 0 fully saturated rings. The number of unbranched alkanes of at least 4 members (excludes halogenated alkanes) is 9. The Kier molecular flexibility index (Phi) is 40.3. The fourth-order valence-corrected chi connectivity index (χ4v) is 6.68. The van der Waals surface area contributed by atoms with E-state index in [0.717, 1.165) is 57.8 Å². The quantitative estimate of drug-likeness (QED) is 0.0110. The number of carbonyl (C=O) groups is 2. The van der Waals surface area contributed by atoms with E-state index in [1.165, 1.54) is 32.1 Å². The summed E-state index contributed by atoms with van der Waals surface area (Å²) in [6, 6.07) is 0. The molecule has 0 aromatic rings. The molecule has 0 aromatic carbocycles. The summed E-state index contributed by atoms with van der Waals surface area (Å²) in [4.78, 5) is 52.8. The van der Waals surface area contributed by atoms with Crippen LogP contribution in [0.5, 0.6) is 0 Å². The third kappa shape index (κ3) is 45.9. The van der Waals surface area contributed by atoms with Gasteiger partial charge < -0.3 is 39.5 Å². The number of carbonyl (C=O) groups excluding carboxylic acids is 2. The lowest BCUT2D eigenvalue weighted by molar-refractivity contribution is -0.161. The number of aliphatic hydroxyl groups is 3. The highest BCUT2D eigenvalue weighted by Gasteiger charge is 2.28. The van der Waals surface area contributed by atoms with Gasteiger partial charge in [0.05, 0.1) is 32.0 Å². The van der Waals surface area contributed by atoms with Crippen molar-refractivity contribution in [2.45, 2.75) is 167 Å². The number of hydrogen-bond donors (Lipinski definition) is 6. The first kappa shape index (κ1) is 62.0. The first-order chi connectivity index (χ1) is 31.2. The zero-order valence-corrected chi connectivity index (χ0v) is 40.6. The molecule has 0 rings (SSSR count). The molecule has 0 radical (unpaired) electrons. The van der Waals surface area contributed by atoms with Crippen LogP contribution >= 0.6 is 15.6 Å². The molecule has 0 amide bonds. The highest BCUT2D eigenvalue weighted by molar-refractivity contribution is 7.47. The van der Waals surface area contributed by atoms with Crippen LogP contribution in [0.4, 0.5) is 0 Å². The topological polar surface area (TPSA) is 236 Å². The van der Waals surface area contributed by atoms with Gasteiger partial charge >= 0.3 is 27.6 Å². The minimum Gasteiger partial charge on any atom is -0.462 e. The van der Waals surface area contributed by atoms with Gasteiger partial charge in [-0.3, -0.25) is 23.2 Å². The predicted octanol–water partition coefficient (Wildman–Crippen LogP) is 10.1. The fourth-order valence-electron chi connectivity index (χ4n) is 5.52. The molecule has 0 saturated heterocycles. The number of hydrogen-bond acceptors (Lipinski definition) is 12. The first-order valence-electron chi connectivity index (χ1n) is 23.1. The van der Waals surface area contributed by atoms with Gasteiger partial charge in [-0.15, -0.1) is 0 Å². The number of aliphatic hydroxyl groups excluding tert-OH is 3. The summed E-state index contributed by atoms with van der Waals surface area (Å²) in [5.74, 6) is -1.32. The normalized spacial score (nSPS) is 15.8. The number of phosphoric acid groups is 2. The van der Waals surface area contributed by atoms with Crippen molar-refractivity contribution in [2.24, 2.45) is 0 Å². The van der Waals surface area contributed by atoms with Crippen molar-refractivity contribution in [1.82, 2.24) is 0 Å². The van der Waals surface area contributed by atoms with Gasteiger partial charge in [0.1, 0.15) is 12.7 Å². The Hall–Kier alpha value is -3.04. The molecule has 0 spiro atoms. The summed E-state index contributed by atoms with van der Waals surface area (Å²) in [5, 5.41) is 30.1. The second-order valence-corrected chi connectivity index (χ2v) is 18.1.